The van der Waals surface area contributed by atoms with Gasteiger partial charge in [-0.05, 0) is 18.2 Å². The van der Waals surface area contributed by atoms with Gasteiger partial charge in [0.2, 0.25) is 0 Å². The molecule has 0 fully saturated rings. The van der Waals surface area contributed by atoms with Gasteiger partial charge in [0.15, 0.2) is 17.9 Å². The molecule has 0 saturated heterocycles. The third-order valence-electron chi connectivity index (χ3n) is 2.41. The summed E-state index contributed by atoms with van der Waals surface area (Å²) in [4.78, 5) is 10.9. The van der Waals surface area contributed by atoms with Crippen molar-refractivity contribution in [1.29, 1.82) is 0 Å². The fourth-order valence-electron chi connectivity index (χ4n) is 1.63. The van der Waals surface area contributed by atoms with E-state index in [0.29, 0.717) is 17.5 Å². The molecule has 0 amide bonds. The van der Waals surface area contributed by atoms with Crippen LogP contribution in [0.25, 0.3) is 11.3 Å². The molecule has 0 aliphatic carbocycles. The van der Waals surface area contributed by atoms with E-state index in [4.69, 9.17) is 4.74 Å². The minimum Gasteiger partial charge on any atom is -0.493 e. The van der Waals surface area contributed by atoms with Gasteiger partial charge >= 0.3 is 0 Å². The summed E-state index contributed by atoms with van der Waals surface area (Å²) in [6, 6.07) is 4.60. The number of aldehydes is 1. The van der Waals surface area contributed by atoms with Crippen molar-refractivity contribution in [2.75, 3.05) is 7.11 Å². The predicted octanol–water partition coefficient (Wildman–Crippen LogP) is 2.05. The minimum absolute atomic E-state index is 0.0420. The lowest BCUT2D eigenvalue weighted by Crippen LogP contribution is -1.96. The minimum atomic E-state index is -0.572. The number of methoxy groups -OCH3 is 1. The fourth-order valence-corrected chi connectivity index (χ4v) is 1.63. The number of nitrogens with zero attached hydrogens (tertiary/aromatic N) is 2. The second-order valence-electron chi connectivity index (χ2n) is 3.57. The largest absolute Gasteiger partial charge is 0.493 e. The maximum absolute atomic E-state index is 13.7. The summed E-state index contributed by atoms with van der Waals surface area (Å²) < 4.78 is 20.1. The average Bonchev–Trinajstić information content (AvgIpc) is 2.74. The summed E-state index contributed by atoms with van der Waals surface area (Å²) in [6.45, 7) is 0. The van der Waals surface area contributed by atoms with Gasteiger partial charge in [-0.3, -0.25) is 9.48 Å². The van der Waals surface area contributed by atoms with Gasteiger partial charge in [0, 0.05) is 18.8 Å². The number of carbonyl (C=O) groups excluding carboxylic acids is 1. The average molecular weight is 234 g/mol. The molecule has 0 spiro atoms. The summed E-state index contributed by atoms with van der Waals surface area (Å²) in [7, 11) is 3.09. The van der Waals surface area contributed by atoms with Crippen LogP contribution in [0.2, 0.25) is 0 Å². The van der Waals surface area contributed by atoms with Crippen molar-refractivity contribution in [3.63, 3.8) is 0 Å². The Hall–Kier alpha value is -2.17. The van der Waals surface area contributed by atoms with Crippen LogP contribution in [0.4, 0.5) is 4.39 Å². The Labute approximate surface area is 97.6 Å². The standard InChI is InChI=1S/C12H11FN2O2/c1-15-4-3-11(14-15)8-5-9(7-16)12(17-2)10(13)6-8/h3-7H,1-2H3. The van der Waals surface area contributed by atoms with Gasteiger partial charge in [-0.25, -0.2) is 4.39 Å². The highest BCUT2D eigenvalue weighted by Crippen LogP contribution is 2.27. The predicted molar refractivity (Wildman–Crippen MR) is 60.5 cm³/mol. The molecule has 0 N–H and O–H groups in total. The van der Waals surface area contributed by atoms with Crippen molar-refractivity contribution in [3.05, 3.63) is 35.8 Å². The van der Waals surface area contributed by atoms with Crippen molar-refractivity contribution in [2.24, 2.45) is 7.05 Å². The molecular formula is C12H11FN2O2. The van der Waals surface area contributed by atoms with Crippen LogP contribution in [0.15, 0.2) is 24.4 Å². The van der Waals surface area contributed by atoms with Crippen LogP contribution in [0.1, 0.15) is 10.4 Å². The van der Waals surface area contributed by atoms with Crippen LogP contribution in [-0.2, 0) is 7.05 Å². The number of hydrogen-bond acceptors (Lipinski definition) is 3. The van der Waals surface area contributed by atoms with Crippen LogP contribution in [0.3, 0.4) is 0 Å². The first-order valence-electron chi connectivity index (χ1n) is 4.98. The van der Waals surface area contributed by atoms with E-state index in [9.17, 15) is 9.18 Å². The molecule has 1 aromatic carbocycles. The van der Waals surface area contributed by atoms with E-state index in [1.807, 2.05) is 0 Å². The molecule has 88 valence electrons. The van der Waals surface area contributed by atoms with Gasteiger partial charge < -0.3 is 4.74 Å². The Morgan fingerprint density at radius 2 is 2.24 bits per heavy atom. The summed E-state index contributed by atoms with van der Waals surface area (Å²) in [6.07, 6.45) is 2.31. The number of ether oxygens (including phenoxy) is 1. The van der Waals surface area contributed by atoms with E-state index in [0.717, 1.165) is 0 Å². The van der Waals surface area contributed by atoms with Crippen molar-refractivity contribution in [1.82, 2.24) is 9.78 Å². The highest BCUT2D eigenvalue weighted by molar-refractivity contribution is 5.82. The van der Waals surface area contributed by atoms with Gasteiger partial charge in [-0.15, -0.1) is 0 Å². The van der Waals surface area contributed by atoms with Crippen LogP contribution in [-0.4, -0.2) is 23.2 Å². The first-order valence-corrected chi connectivity index (χ1v) is 4.98. The molecule has 5 heteroatoms. The Morgan fingerprint density at radius 1 is 1.47 bits per heavy atom. The monoisotopic (exact) mass is 234 g/mol. The lowest BCUT2D eigenvalue weighted by molar-refractivity contribution is 0.112. The Kier molecular flexibility index (Phi) is 2.91. The summed E-state index contributed by atoms with van der Waals surface area (Å²) in [5.74, 6) is -0.613. The van der Waals surface area contributed by atoms with Crippen LogP contribution >= 0.6 is 0 Å². The maximum atomic E-state index is 13.7. The van der Waals surface area contributed by atoms with Crippen LogP contribution < -0.4 is 4.74 Å². The zero-order valence-corrected chi connectivity index (χ0v) is 9.48. The molecule has 2 aromatic rings. The summed E-state index contributed by atoms with van der Waals surface area (Å²) in [5, 5.41) is 4.15. The number of rotatable bonds is 3. The lowest BCUT2D eigenvalue weighted by Gasteiger charge is -2.06. The summed E-state index contributed by atoms with van der Waals surface area (Å²) in [5.41, 5.74) is 1.33. The van der Waals surface area contributed by atoms with Gasteiger partial charge in [-0.1, -0.05) is 0 Å². The zero-order valence-electron chi connectivity index (χ0n) is 9.48. The van der Waals surface area contributed by atoms with Gasteiger partial charge in [0.1, 0.15) is 0 Å². The van der Waals surface area contributed by atoms with E-state index >= 15 is 0 Å². The fraction of sp³-hybridized carbons (Fsp3) is 0.167. The number of aryl methyl sites for hydroxylation is 1. The zero-order chi connectivity index (χ0) is 12.4. The molecule has 0 radical (unpaired) electrons. The molecule has 0 bridgehead atoms. The molecule has 1 heterocycles. The SMILES string of the molecule is COc1c(F)cc(-c2ccn(C)n2)cc1C=O. The third-order valence-corrected chi connectivity index (χ3v) is 2.41. The first kappa shape index (κ1) is 11.3. The van der Waals surface area contributed by atoms with E-state index < -0.39 is 5.82 Å². The molecule has 0 unspecified atom stereocenters. The number of hydrogen-bond donors (Lipinski definition) is 0. The number of halogens is 1. The quantitative estimate of drug-likeness (QED) is 0.763. The number of aromatic nitrogens is 2. The topological polar surface area (TPSA) is 44.1 Å². The van der Waals surface area contributed by atoms with Crippen LogP contribution in [0, 0.1) is 5.82 Å². The van der Waals surface area contributed by atoms with E-state index in [1.54, 1.807) is 30.1 Å². The Morgan fingerprint density at radius 3 is 2.76 bits per heavy atom. The number of carbonyl (C=O) groups is 1. The Balaban J connectivity index is 2.57. The normalized spacial score (nSPS) is 10.3. The smallest absolute Gasteiger partial charge is 0.166 e. The maximum Gasteiger partial charge on any atom is 0.166 e. The van der Waals surface area contributed by atoms with Crippen molar-refractivity contribution < 1.29 is 13.9 Å². The van der Waals surface area contributed by atoms with Crippen molar-refractivity contribution in [3.8, 4) is 17.0 Å². The lowest BCUT2D eigenvalue weighted by atomic mass is 10.1. The molecule has 0 saturated carbocycles. The molecule has 0 aliphatic rings. The van der Waals surface area contributed by atoms with Gasteiger partial charge in [0.25, 0.3) is 0 Å². The highest BCUT2D eigenvalue weighted by atomic mass is 19.1. The highest BCUT2D eigenvalue weighted by Gasteiger charge is 2.13. The van der Waals surface area contributed by atoms with Crippen molar-refractivity contribution >= 4 is 6.29 Å². The third kappa shape index (κ3) is 2.04. The van der Waals surface area contributed by atoms with Crippen LogP contribution in [0.5, 0.6) is 5.75 Å². The first-order chi connectivity index (χ1) is 8.15. The summed E-state index contributed by atoms with van der Waals surface area (Å²) >= 11 is 0. The molecule has 0 atom stereocenters. The molecule has 4 nitrogen and oxygen atoms in total. The van der Waals surface area contributed by atoms with Gasteiger partial charge in [-0.2, -0.15) is 5.10 Å². The second-order valence-corrected chi connectivity index (χ2v) is 3.57. The van der Waals surface area contributed by atoms with E-state index in [-0.39, 0.29) is 11.3 Å². The van der Waals surface area contributed by atoms with Gasteiger partial charge in [0.05, 0.1) is 18.4 Å². The second kappa shape index (κ2) is 4.37. The molecular weight excluding hydrogens is 223 g/mol. The number of benzene rings is 1. The van der Waals surface area contributed by atoms with Crippen molar-refractivity contribution in [2.45, 2.75) is 0 Å². The van der Waals surface area contributed by atoms with E-state index in [2.05, 4.69) is 5.10 Å². The molecule has 17 heavy (non-hydrogen) atoms. The molecule has 0 aliphatic heterocycles. The van der Waals surface area contributed by atoms with E-state index in [1.165, 1.54) is 13.2 Å². The molecule has 2 rings (SSSR count). The molecule has 1 aromatic heterocycles. The Bertz CT molecular complexity index is 564.